The molecule has 1 aromatic rings. The number of hydrogen-bond acceptors (Lipinski definition) is 3. The van der Waals surface area contributed by atoms with Crippen LogP contribution in [0.5, 0.6) is 0 Å². The number of likely N-dealkylation sites (N-methyl/N-ethyl adjacent to an activating group) is 1. The third-order valence-corrected chi connectivity index (χ3v) is 5.28. The molecule has 3 amide bonds. The molecule has 0 saturated carbocycles. The lowest BCUT2D eigenvalue weighted by Crippen LogP contribution is -2.39. The van der Waals surface area contributed by atoms with E-state index in [9.17, 15) is 14.4 Å². The number of imide groups is 1. The molecule has 0 N–H and O–H groups in total. The zero-order valence-electron chi connectivity index (χ0n) is 21.9. The molecule has 0 radical (unpaired) electrons. The predicted molar refractivity (Wildman–Crippen MR) is 150 cm³/mol. The van der Waals surface area contributed by atoms with E-state index in [1.807, 2.05) is 99.7 Å². The highest BCUT2D eigenvalue weighted by Gasteiger charge is 2.26. The monoisotopic (exact) mass is 486 g/mol. The number of rotatable bonds is 14. The first kappa shape index (κ1) is 30.0. The van der Waals surface area contributed by atoms with E-state index in [1.54, 1.807) is 19.2 Å². The van der Waals surface area contributed by atoms with Gasteiger partial charge in [0.05, 0.1) is 0 Å². The van der Waals surface area contributed by atoms with Crippen LogP contribution >= 0.6 is 0 Å². The SMILES string of the molecule is C=C/C=C(\C=C/C)CCN(C=O)C(=O)/C(=C\c1ccccc1)C(=O)N(C)CCC(/C=C\C)=C/C=C\C. The van der Waals surface area contributed by atoms with E-state index in [4.69, 9.17) is 0 Å². The first-order valence-electron chi connectivity index (χ1n) is 12.1. The second-order valence-corrected chi connectivity index (χ2v) is 8.04. The summed E-state index contributed by atoms with van der Waals surface area (Å²) < 4.78 is 0. The third-order valence-electron chi connectivity index (χ3n) is 5.28. The first-order chi connectivity index (χ1) is 17.4. The van der Waals surface area contributed by atoms with E-state index >= 15 is 0 Å². The average Bonchev–Trinajstić information content (AvgIpc) is 2.89. The fraction of sp³-hybridized carbons (Fsp3) is 0.258. The Kier molecular flexibility index (Phi) is 14.6. The summed E-state index contributed by atoms with van der Waals surface area (Å²) in [6, 6.07) is 9.15. The zero-order chi connectivity index (χ0) is 26.8. The van der Waals surface area contributed by atoms with Gasteiger partial charge < -0.3 is 4.90 Å². The van der Waals surface area contributed by atoms with Gasteiger partial charge in [-0.1, -0.05) is 91.6 Å². The molecule has 190 valence electrons. The van der Waals surface area contributed by atoms with Crippen LogP contribution in [0.4, 0.5) is 0 Å². The summed E-state index contributed by atoms with van der Waals surface area (Å²) in [6.07, 6.45) is 20.2. The van der Waals surface area contributed by atoms with Crippen LogP contribution in [-0.4, -0.2) is 48.2 Å². The van der Waals surface area contributed by atoms with E-state index in [-0.39, 0.29) is 12.1 Å². The highest BCUT2D eigenvalue weighted by molar-refractivity contribution is 6.23. The van der Waals surface area contributed by atoms with Crippen LogP contribution < -0.4 is 0 Å². The number of carbonyl (C=O) groups is 3. The molecule has 0 aliphatic heterocycles. The molecule has 0 atom stereocenters. The topological polar surface area (TPSA) is 57.7 Å². The summed E-state index contributed by atoms with van der Waals surface area (Å²) >= 11 is 0. The van der Waals surface area contributed by atoms with Crippen LogP contribution in [0, 0.1) is 0 Å². The van der Waals surface area contributed by atoms with Gasteiger partial charge in [-0.2, -0.15) is 0 Å². The molecule has 0 spiro atoms. The summed E-state index contributed by atoms with van der Waals surface area (Å²) in [5.74, 6) is -1.06. The molecule has 36 heavy (non-hydrogen) atoms. The Morgan fingerprint density at radius 1 is 0.861 bits per heavy atom. The van der Waals surface area contributed by atoms with Crippen LogP contribution in [0.1, 0.15) is 39.2 Å². The standard InChI is InChI=1S/C31H38N2O3/c1-6-10-17-27(16-9-4)20-22-32(5)30(35)29(24-28-18-12-11-13-19-28)31(36)33(25-34)23-21-26(14-7-2)15-8-3/h6-19,24-25H,2,20-23H2,1,3-5H3/b10-6-,15-8-,16-9-,26-14+,27-17+,29-24-. The Morgan fingerprint density at radius 3 is 2.03 bits per heavy atom. The minimum absolute atomic E-state index is 0.0545. The van der Waals surface area contributed by atoms with E-state index in [0.717, 1.165) is 16.0 Å². The summed E-state index contributed by atoms with van der Waals surface area (Å²) in [7, 11) is 1.67. The Morgan fingerprint density at radius 2 is 1.47 bits per heavy atom. The van der Waals surface area contributed by atoms with Gasteiger partial charge in [0, 0.05) is 20.1 Å². The first-order valence-corrected chi connectivity index (χ1v) is 12.1. The molecule has 1 aromatic carbocycles. The van der Waals surface area contributed by atoms with Gasteiger partial charge >= 0.3 is 0 Å². The molecular formula is C31H38N2O3. The molecule has 1 rings (SSSR count). The minimum Gasteiger partial charge on any atom is -0.341 e. The van der Waals surface area contributed by atoms with Gasteiger partial charge in [-0.15, -0.1) is 0 Å². The number of hydrogen-bond donors (Lipinski definition) is 0. The normalized spacial score (nSPS) is 12.9. The second kappa shape index (κ2) is 17.4. The van der Waals surface area contributed by atoms with Crippen molar-refractivity contribution in [2.24, 2.45) is 0 Å². The molecular weight excluding hydrogens is 448 g/mol. The maximum Gasteiger partial charge on any atom is 0.265 e. The number of benzene rings is 1. The summed E-state index contributed by atoms with van der Waals surface area (Å²) in [5.41, 5.74) is 2.64. The van der Waals surface area contributed by atoms with Gasteiger partial charge in [-0.05, 0) is 56.4 Å². The van der Waals surface area contributed by atoms with Crippen molar-refractivity contribution >= 4 is 24.3 Å². The van der Waals surface area contributed by atoms with Gasteiger partial charge in [0.2, 0.25) is 6.41 Å². The lowest BCUT2D eigenvalue weighted by molar-refractivity contribution is -0.137. The number of nitrogens with zero attached hydrogens (tertiary/aromatic N) is 2. The molecule has 0 aliphatic rings. The molecule has 0 aromatic heterocycles. The van der Waals surface area contributed by atoms with Crippen molar-refractivity contribution in [1.29, 1.82) is 0 Å². The van der Waals surface area contributed by atoms with Crippen LogP contribution in [0.25, 0.3) is 6.08 Å². The molecule has 5 nitrogen and oxygen atoms in total. The molecule has 0 unspecified atom stereocenters. The molecule has 0 fully saturated rings. The minimum atomic E-state index is -0.623. The quantitative estimate of drug-likeness (QED) is 0.106. The van der Waals surface area contributed by atoms with Gasteiger partial charge in [0.15, 0.2) is 0 Å². The van der Waals surface area contributed by atoms with Crippen molar-refractivity contribution in [2.45, 2.75) is 33.6 Å². The molecule has 0 aliphatic carbocycles. The Labute approximate surface area is 216 Å². The van der Waals surface area contributed by atoms with E-state index < -0.39 is 11.8 Å². The lowest BCUT2D eigenvalue weighted by Gasteiger charge is -2.22. The van der Waals surface area contributed by atoms with E-state index in [1.165, 1.54) is 4.90 Å². The second-order valence-electron chi connectivity index (χ2n) is 8.04. The number of amides is 3. The van der Waals surface area contributed by atoms with E-state index in [0.29, 0.717) is 31.4 Å². The highest BCUT2D eigenvalue weighted by Crippen LogP contribution is 2.15. The fourth-order valence-corrected chi connectivity index (χ4v) is 3.39. The van der Waals surface area contributed by atoms with Gasteiger partial charge in [0.25, 0.3) is 11.8 Å². The fourth-order valence-electron chi connectivity index (χ4n) is 3.39. The maximum atomic E-state index is 13.4. The Bertz CT molecular complexity index is 1060. The van der Waals surface area contributed by atoms with Crippen LogP contribution in [0.15, 0.2) is 108 Å². The highest BCUT2D eigenvalue weighted by atomic mass is 16.2. The van der Waals surface area contributed by atoms with Crippen molar-refractivity contribution in [3.05, 3.63) is 114 Å². The smallest absolute Gasteiger partial charge is 0.265 e. The zero-order valence-corrected chi connectivity index (χ0v) is 21.9. The molecule has 0 heterocycles. The van der Waals surface area contributed by atoms with Gasteiger partial charge in [0.1, 0.15) is 5.57 Å². The largest absolute Gasteiger partial charge is 0.341 e. The van der Waals surface area contributed by atoms with Crippen LogP contribution in [-0.2, 0) is 14.4 Å². The summed E-state index contributed by atoms with van der Waals surface area (Å²) in [5, 5.41) is 0. The molecule has 0 bridgehead atoms. The third kappa shape index (κ3) is 10.5. The Balaban J connectivity index is 3.22. The maximum absolute atomic E-state index is 13.4. The van der Waals surface area contributed by atoms with Gasteiger partial charge in [-0.25, -0.2) is 0 Å². The van der Waals surface area contributed by atoms with Crippen molar-refractivity contribution in [1.82, 2.24) is 9.80 Å². The molecule has 0 saturated heterocycles. The number of carbonyl (C=O) groups excluding carboxylic acids is 3. The number of allylic oxidation sites excluding steroid dienone is 9. The van der Waals surface area contributed by atoms with Crippen molar-refractivity contribution in [3.8, 4) is 0 Å². The van der Waals surface area contributed by atoms with E-state index in [2.05, 4.69) is 6.58 Å². The summed E-state index contributed by atoms with van der Waals surface area (Å²) in [4.78, 5) is 41.3. The van der Waals surface area contributed by atoms with Crippen LogP contribution in [0.3, 0.4) is 0 Å². The van der Waals surface area contributed by atoms with Crippen molar-refractivity contribution in [3.63, 3.8) is 0 Å². The Hall–Kier alpha value is -3.99. The van der Waals surface area contributed by atoms with Crippen molar-refractivity contribution in [2.75, 3.05) is 20.1 Å². The van der Waals surface area contributed by atoms with Crippen molar-refractivity contribution < 1.29 is 14.4 Å². The molecule has 5 heteroatoms. The summed E-state index contributed by atoms with van der Waals surface area (Å²) in [6.45, 7) is 10.1. The van der Waals surface area contributed by atoms with Crippen LogP contribution in [0.2, 0.25) is 0 Å². The average molecular weight is 487 g/mol. The predicted octanol–water partition coefficient (Wildman–Crippen LogP) is 6.06. The lowest BCUT2D eigenvalue weighted by atomic mass is 10.1. The van der Waals surface area contributed by atoms with Gasteiger partial charge in [-0.3, -0.25) is 19.3 Å².